The Kier molecular flexibility index (Phi) is 7.84. The van der Waals surface area contributed by atoms with E-state index in [4.69, 9.17) is 0 Å². The molecule has 4 nitrogen and oxygen atoms in total. The smallest absolute Gasteiger partial charge is 0.355 e. The number of nitrogens with zero attached hydrogens (tertiary/aromatic N) is 1. The summed E-state index contributed by atoms with van der Waals surface area (Å²) in [4.78, 5) is 4.03. The van der Waals surface area contributed by atoms with Gasteiger partial charge < -0.3 is 10.6 Å². The van der Waals surface area contributed by atoms with E-state index in [1.165, 1.54) is 6.07 Å². The van der Waals surface area contributed by atoms with Gasteiger partial charge in [-0.1, -0.05) is 42.5 Å². The van der Waals surface area contributed by atoms with Gasteiger partial charge in [-0.25, -0.2) is 0 Å². The van der Waals surface area contributed by atoms with Crippen molar-refractivity contribution in [2.24, 2.45) is 4.99 Å². The summed E-state index contributed by atoms with van der Waals surface area (Å²) in [6.45, 7) is 0.651. The highest BCUT2D eigenvalue weighted by molar-refractivity contribution is 7.84. The van der Waals surface area contributed by atoms with E-state index in [0.717, 1.165) is 17.7 Å². The molecule has 1 atom stereocenters. The SMILES string of the molecule is CN=C(NCCS(=O)Cc1ccccc1)NCc1cccc(C(F)(F)F)c1. The number of benzene rings is 2. The van der Waals surface area contributed by atoms with Crippen molar-refractivity contribution in [2.75, 3.05) is 19.3 Å². The Hall–Kier alpha value is -2.35. The molecule has 1 unspecified atom stereocenters. The van der Waals surface area contributed by atoms with Gasteiger partial charge in [0.15, 0.2) is 5.96 Å². The maximum atomic E-state index is 12.7. The van der Waals surface area contributed by atoms with Gasteiger partial charge in [0.05, 0.1) is 5.56 Å². The van der Waals surface area contributed by atoms with Crippen molar-refractivity contribution in [3.8, 4) is 0 Å². The molecule has 2 N–H and O–H groups in total. The van der Waals surface area contributed by atoms with Crippen LogP contribution in [-0.2, 0) is 29.3 Å². The van der Waals surface area contributed by atoms with E-state index in [9.17, 15) is 17.4 Å². The number of nitrogens with one attached hydrogen (secondary N) is 2. The Bertz CT molecular complexity index is 779. The third kappa shape index (κ3) is 7.42. The van der Waals surface area contributed by atoms with Crippen LogP contribution in [0.15, 0.2) is 59.6 Å². The van der Waals surface area contributed by atoms with Crippen LogP contribution >= 0.6 is 0 Å². The molecule has 0 spiro atoms. The molecule has 2 aromatic rings. The first-order chi connectivity index (χ1) is 12.9. The Morgan fingerprint density at radius 2 is 1.74 bits per heavy atom. The number of halogens is 3. The highest BCUT2D eigenvalue weighted by atomic mass is 32.2. The van der Waals surface area contributed by atoms with E-state index in [-0.39, 0.29) is 6.54 Å². The zero-order valence-corrected chi connectivity index (χ0v) is 15.7. The second-order valence-corrected chi connectivity index (χ2v) is 7.40. The number of aliphatic imine (C=N–C) groups is 1. The topological polar surface area (TPSA) is 53.5 Å². The van der Waals surface area contributed by atoms with Gasteiger partial charge in [-0.05, 0) is 23.3 Å². The van der Waals surface area contributed by atoms with Gasteiger partial charge in [0.1, 0.15) is 0 Å². The van der Waals surface area contributed by atoms with E-state index in [1.807, 2.05) is 30.3 Å². The van der Waals surface area contributed by atoms with Gasteiger partial charge >= 0.3 is 6.18 Å². The summed E-state index contributed by atoms with van der Waals surface area (Å²) >= 11 is 0. The van der Waals surface area contributed by atoms with Crippen LogP contribution < -0.4 is 10.6 Å². The summed E-state index contributed by atoms with van der Waals surface area (Å²) in [5.41, 5.74) is 0.837. The lowest BCUT2D eigenvalue weighted by Crippen LogP contribution is -2.38. The molecule has 0 saturated heterocycles. The fourth-order valence-electron chi connectivity index (χ4n) is 2.38. The molecular formula is C19H22F3N3OS. The van der Waals surface area contributed by atoms with Crippen LogP contribution in [0.1, 0.15) is 16.7 Å². The highest BCUT2D eigenvalue weighted by Crippen LogP contribution is 2.29. The molecule has 0 radical (unpaired) electrons. The molecule has 146 valence electrons. The molecule has 0 aliphatic heterocycles. The minimum atomic E-state index is -4.36. The van der Waals surface area contributed by atoms with Crippen LogP contribution in [0.4, 0.5) is 13.2 Å². The van der Waals surface area contributed by atoms with Crippen LogP contribution in [0, 0.1) is 0 Å². The second-order valence-electron chi connectivity index (χ2n) is 5.82. The lowest BCUT2D eigenvalue weighted by atomic mass is 10.1. The van der Waals surface area contributed by atoms with Crippen LogP contribution in [0.3, 0.4) is 0 Å². The van der Waals surface area contributed by atoms with Gasteiger partial charge in [-0.15, -0.1) is 0 Å². The Morgan fingerprint density at radius 1 is 1.04 bits per heavy atom. The summed E-state index contributed by atoms with van der Waals surface area (Å²) in [5.74, 6) is 1.38. The standard InChI is InChI=1S/C19H22F3N3OS/c1-23-18(24-10-11-27(26)14-15-6-3-2-4-7-15)25-13-16-8-5-9-17(12-16)19(20,21)22/h2-9,12H,10-11,13-14H2,1H3,(H2,23,24,25). The molecule has 0 aliphatic carbocycles. The van der Waals surface area contributed by atoms with Crippen LogP contribution in [0.2, 0.25) is 0 Å². The molecule has 27 heavy (non-hydrogen) atoms. The lowest BCUT2D eigenvalue weighted by molar-refractivity contribution is -0.137. The summed E-state index contributed by atoms with van der Waals surface area (Å²) in [5, 5.41) is 5.99. The Morgan fingerprint density at radius 3 is 2.41 bits per heavy atom. The first-order valence-corrected chi connectivity index (χ1v) is 9.87. The molecule has 2 aromatic carbocycles. The third-order valence-electron chi connectivity index (χ3n) is 3.73. The Labute approximate surface area is 159 Å². The fraction of sp³-hybridized carbons (Fsp3) is 0.316. The van der Waals surface area contributed by atoms with Crippen molar-refractivity contribution in [2.45, 2.75) is 18.5 Å². The van der Waals surface area contributed by atoms with Crippen molar-refractivity contribution in [1.29, 1.82) is 0 Å². The number of alkyl halides is 3. The molecule has 0 bridgehead atoms. The summed E-state index contributed by atoms with van der Waals surface area (Å²) in [6, 6.07) is 14.7. The maximum absolute atomic E-state index is 12.7. The monoisotopic (exact) mass is 397 g/mol. The number of hydrogen-bond donors (Lipinski definition) is 2. The van der Waals surface area contributed by atoms with Gasteiger partial charge in [0, 0.05) is 42.4 Å². The Balaban J connectivity index is 1.77. The molecule has 0 amide bonds. The van der Waals surface area contributed by atoms with Crippen molar-refractivity contribution >= 4 is 16.8 Å². The molecule has 0 aliphatic rings. The van der Waals surface area contributed by atoms with Gasteiger partial charge in [-0.3, -0.25) is 9.20 Å². The van der Waals surface area contributed by atoms with E-state index >= 15 is 0 Å². The average Bonchev–Trinajstić information content (AvgIpc) is 2.65. The summed E-state index contributed by atoms with van der Waals surface area (Å²) in [7, 11) is 0.559. The number of hydrogen-bond acceptors (Lipinski definition) is 2. The van der Waals surface area contributed by atoms with Crippen LogP contribution in [0.5, 0.6) is 0 Å². The predicted octanol–water partition coefficient (Wildman–Crippen LogP) is 3.32. The van der Waals surface area contributed by atoms with Crippen molar-refractivity contribution in [3.63, 3.8) is 0 Å². The largest absolute Gasteiger partial charge is 0.416 e. The predicted molar refractivity (Wildman–Crippen MR) is 103 cm³/mol. The van der Waals surface area contributed by atoms with Crippen molar-refractivity contribution < 1.29 is 17.4 Å². The highest BCUT2D eigenvalue weighted by Gasteiger charge is 2.30. The minimum absolute atomic E-state index is 0.205. The molecular weight excluding hydrogens is 375 g/mol. The molecule has 0 fully saturated rings. The van der Waals surface area contributed by atoms with E-state index in [2.05, 4.69) is 15.6 Å². The van der Waals surface area contributed by atoms with Crippen LogP contribution in [-0.4, -0.2) is 29.5 Å². The molecule has 0 saturated carbocycles. The zero-order valence-electron chi connectivity index (χ0n) is 14.9. The second kappa shape index (κ2) is 10.1. The summed E-state index contributed by atoms with van der Waals surface area (Å²) < 4.78 is 50.3. The zero-order chi connectivity index (χ0) is 19.7. The minimum Gasteiger partial charge on any atom is -0.355 e. The third-order valence-corrected chi connectivity index (χ3v) is 5.05. The van der Waals surface area contributed by atoms with Crippen molar-refractivity contribution in [3.05, 3.63) is 71.3 Å². The first-order valence-electron chi connectivity index (χ1n) is 8.38. The van der Waals surface area contributed by atoms with Crippen LogP contribution in [0.25, 0.3) is 0 Å². The van der Waals surface area contributed by atoms with Crippen molar-refractivity contribution in [1.82, 2.24) is 10.6 Å². The molecule has 0 heterocycles. The van der Waals surface area contributed by atoms with Gasteiger partial charge in [0.25, 0.3) is 0 Å². The lowest BCUT2D eigenvalue weighted by Gasteiger charge is -2.13. The molecule has 0 aromatic heterocycles. The van der Waals surface area contributed by atoms with E-state index < -0.39 is 22.5 Å². The number of rotatable bonds is 7. The summed E-state index contributed by atoms with van der Waals surface area (Å²) in [6.07, 6.45) is -4.36. The average molecular weight is 397 g/mol. The molecule has 2 rings (SSSR count). The van der Waals surface area contributed by atoms with Gasteiger partial charge in [0.2, 0.25) is 0 Å². The van der Waals surface area contributed by atoms with Gasteiger partial charge in [-0.2, -0.15) is 13.2 Å². The van der Waals surface area contributed by atoms with E-state index in [0.29, 0.717) is 29.6 Å². The number of guanidine groups is 1. The van der Waals surface area contributed by atoms with E-state index in [1.54, 1.807) is 13.1 Å². The molecule has 8 heteroatoms. The normalized spacial score (nSPS) is 13.3. The quantitative estimate of drug-likeness (QED) is 0.557. The first kappa shape index (κ1) is 21.0. The maximum Gasteiger partial charge on any atom is 0.416 e. The fourth-order valence-corrected chi connectivity index (χ4v) is 3.42.